The Kier molecular flexibility index (Phi) is 5.31. The van der Waals surface area contributed by atoms with E-state index in [9.17, 15) is 9.18 Å². The van der Waals surface area contributed by atoms with Gasteiger partial charge in [0.2, 0.25) is 0 Å². The highest BCUT2D eigenvalue weighted by Gasteiger charge is 2.25. The van der Waals surface area contributed by atoms with Crippen LogP contribution in [0.3, 0.4) is 0 Å². The molecular formula is C20H19FN2O3S. The molecule has 0 unspecified atom stereocenters. The van der Waals surface area contributed by atoms with E-state index in [4.69, 9.17) is 9.26 Å². The number of thiophene rings is 1. The van der Waals surface area contributed by atoms with Crippen LogP contribution >= 0.6 is 11.3 Å². The van der Waals surface area contributed by atoms with Crippen LogP contribution in [0.5, 0.6) is 0 Å². The Bertz CT molecular complexity index is 886. The number of aromatic nitrogens is 1. The minimum absolute atomic E-state index is 0.0121. The van der Waals surface area contributed by atoms with E-state index >= 15 is 0 Å². The average Bonchev–Trinajstić information content (AvgIpc) is 3.43. The fourth-order valence-corrected chi connectivity index (χ4v) is 3.82. The summed E-state index contributed by atoms with van der Waals surface area (Å²) in [7, 11) is 0. The second-order valence-corrected chi connectivity index (χ2v) is 7.44. The summed E-state index contributed by atoms with van der Waals surface area (Å²) < 4.78 is 24.3. The first-order valence-corrected chi connectivity index (χ1v) is 9.73. The van der Waals surface area contributed by atoms with Gasteiger partial charge in [-0.2, -0.15) is 0 Å². The second kappa shape index (κ2) is 8.02. The molecule has 0 saturated carbocycles. The lowest BCUT2D eigenvalue weighted by Gasteiger charge is -2.24. The van der Waals surface area contributed by atoms with Crippen LogP contribution in [0.25, 0.3) is 10.6 Å². The van der Waals surface area contributed by atoms with Gasteiger partial charge in [0.25, 0.3) is 5.91 Å². The molecular weight excluding hydrogens is 367 g/mol. The van der Waals surface area contributed by atoms with Crippen LogP contribution in [-0.2, 0) is 11.3 Å². The van der Waals surface area contributed by atoms with E-state index in [1.54, 1.807) is 16.2 Å². The molecule has 1 aliphatic rings. The minimum atomic E-state index is -0.366. The molecule has 1 aliphatic heterocycles. The van der Waals surface area contributed by atoms with Crippen molar-refractivity contribution in [1.29, 1.82) is 0 Å². The molecule has 0 N–H and O–H groups in total. The normalized spacial score (nSPS) is 16.6. The SMILES string of the molecule is O=C(c1ccc(F)cc1)N(Cc1cc(-c2cccs2)on1)C[C@@H]1CCCO1. The van der Waals surface area contributed by atoms with Gasteiger partial charge in [-0.1, -0.05) is 11.2 Å². The van der Waals surface area contributed by atoms with Gasteiger partial charge in [0.1, 0.15) is 11.5 Å². The summed E-state index contributed by atoms with van der Waals surface area (Å²) in [4.78, 5) is 15.7. The summed E-state index contributed by atoms with van der Waals surface area (Å²) in [6, 6.07) is 11.4. The molecule has 1 amide bonds. The van der Waals surface area contributed by atoms with Crippen LogP contribution in [0.2, 0.25) is 0 Å². The van der Waals surface area contributed by atoms with Crippen molar-refractivity contribution in [3.8, 4) is 10.6 Å². The molecule has 1 saturated heterocycles. The predicted octanol–water partition coefficient (Wildman–Crippen LogP) is 4.36. The monoisotopic (exact) mass is 386 g/mol. The number of benzene rings is 1. The molecule has 0 spiro atoms. The highest BCUT2D eigenvalue weighted by molar-refractivity contribution is 7.13. The zero-order chi connectivity index (χ0) is 18.6. The Morgan fingerprint density at radius 3 is 2.85 bits per heavy atom. The molecule has 2 aromatic heterocycles. The first kappa shape index (κ1) is 17.9. The van der Waals surface area contributed by atoms with E-state index in [0.29, 0.717) is 30.1 Å². The molecule has 1 atom stereocenters. The number of ether oxygens (including phenoxy) is 1. The number of rotatable bonds is 6. The molecule has 5 nitrogen and oxygen atoms in total. The Labute approximate surface area is 160 Å². The highest BCUT2D eigenvalue weighted by atomic mass is 32.1. The summed E-state index contributed by atoms with van der Waals surface area (Å²) in [6.45, 7) is 1.50. The van der Waals surface area contributed by atoms with Crippen molar-refractivity contribution >= 4 is 17.2 Å². The van der Waals surface area contributed by atoms with Crippen molar-refractivity contribution in [2.24, 2.45) is 0 Å². The zero-order valence-electron chi connectivity index (χ0n) is 14.6. The number of hydrogen-bond donors (Lipinski definition) is 0. The number of carbonyl (C=O) groups excluding carboxylic acids is 1. The van der Waals surface area contributed by atoms with Gasteiger partial charge >= 0.3 is 0 Å². The first-order chi connectivity index (χ1) is 13.2. The topological polar surface area (TPSA) is 55.6 Å². The zero-order valence-corrected chi connectivity index (χ0v) is 15.5. The van der Waals surface area contributed by atoms with E-state index in [1.807, 2.05) is 23.6 Å². The molecule has 140 valence electrons. The molecule has 0 aliphatic carbocycles. The van der Waals surface area contributed by atoms with Gasteiger partial charge in [-0.15, -0.1) is 11.3 Å². The van der Waals surface area contributed by atoms with E-state index in [2.05, 4.69) is 5.16 Å². The van der Waals surface area contributed by atoms with Crippen LogP contribution in [0.15, 0.2) is 52.4 Å². The van der Waals surface area contributed by atoms with Crippen molar-refractivity contribution < 1.29 is 18.4 Å². The lowest BCUT2D eigenvalue weighted by atomic mass is 10.1. The summed E-state index contributed by atoms with van der Waals surface area (Å²) in [6.07, 6.45) is 1.93. The molecule has 1 aromatic carbocycles. The van der Waals surface area contributed by atoms with Crippen LogP contribution < -0.4 is 0 Å². The Hall–Kier alpha value is -2.51. The third-order valence-electron chi connectivity index (χ3n) is 4.50. The number of halogens is 1. The van der Waals surface area contributed by atoms with E-state index in [1.165, 1.54) is 24.3 Å². The molecule has 1 fully saturated rings. The van der Waals surface area contributed by atoms with Crippen molar-refractivity contribution in [3.63, 3.8) is 0 Å². The minimum Gasteiger partial charge on any atom is -0.376 e. The van der Waals surface area contributed by atoms with Gasteiger partial charge in [0, 0.05) is 24.8 Å². The summed E-state index contributed by atoms with van der Waals surface area (Å²) >= 11 is 1.57. The molecule has 0 bridgehead atoms. The number of amides is 1. The average molecular weight is 386 g/mol. The van der Waals surface area contributed by atoms with Gasteiger partial charge < -0.3 is 14.2 Å². The lowest BCUT2D eigenvalue weighted by Crippen LogP contribution is -2.37. The van der Waals surface area contributed by atoms with Gasteiger partial charge in [-0.25, -0.2) is 4.39 Å². The molecule has 4 rings (SSSR count). The Balaban J connectivity index is 1.54. The van der Waals surface area contributed by atoms with Crippen LogP contribution in [-0.4, -0.2) is 35.2 Å². The maximum atomic E-state index is 13.2. The quantitative estimate of drug-likeness (QED) is 0.631. The second-order valence-electron chi connectivity index (χ2n) is 6.49. The molecule has 27 heavy (non-hydrogen) atoms. The van der Waals surface area contributed by atoms with Crippen LogP contribution in [0.1, 0.15) is 28.9 Å². The third kappa shape index (κ3) is 4.26. The maximum absolute atomic E-state index is 13.2. The fourth-order valence-electron chi connectivity index (χ4n) is 3.15. The first-order valence-electron chi connectivity index (χ1n) is 8.85. The van der Waals surface area contributed by atoms with Crippen LogP contribution in [0.4, 0.5) is 4.39 Å². The van der Waals surface area contributed by atoms with E-state index < -0.39 is 0 Å². The number of nitrogens with zero attached hydrogens (tertiary/aromatic N) is 2. The van der Waals surface area contributed by atoms with Crippen molar-refractivity contribution in [2.45, 2.75) is 25.5 Å². The molecule has 3 aromatic rings. The molecule has 0 radical (unpaired) electrons. The summed E-state index contributed by atoms with van der Waals surface area (Å²) in [5.74, 6) is 0.145. The molecule has 7 heteroatoms. The largest absolute Gasteiger partial charge is 0.376 e. The summed E-state index contributed by atoms with van der Waals surface area (Å²) in [5, 5.41) is 6.09. The van der Waals surface area contributed by atoms with Gasteiger partial charge in [-0.05, 0) is 48.6 Å². The van der Waals surface area contributed by atoms with Gasteiger partial charge in [0.05, 0.1) is 17.5 Å². The van der Waals surface area contributed by atoms with Gasteiger partial charge in [-0.3, -0.25) is 4.79 Å². The standard InChI is InChI=1S/C20H19FN2O3S/c21-15-7-5-14(6-8-15)20(24)23(13-17-3-1-9-25-17)12-16-11-18(26-22-16)19-4-2-10-27-19/h2,4-8,10-11,17H,1,3,9,12-13H2/t17-/m0/s1. The number of hydrogen-bond acceptors (Lipinski definition) is 5. The van der Waals surface area contributed by atoms with E-state index in [0.717, 1.165) is 24.3 Å². The predicted molar refractivity (Wildman–Crippen MR) is 99.9 cm³/mol. The highest BCUT2D eigenvalue weighted by Crippen LogP contribution is 2.26. The number of carbonyl (C=O) groups is 1. The molecule has 3 heterocycles. The van der Waals surface area contributed by atoms with Crippen molar-refractivity contribution in [2.75, 3.05) is 13.2 Å². The Morgan fingerprint density at radius 1 is 1.30 bits per heavy atom. The van der Waals surface area contributed by atoms with Crippen LogP contribution in [0, 0.1) is 5.82 Å². The van der Waals surface area contributed by atoms with Crippen molar-refractivity contribution in [1.82, 2.24) is 10.1 Å². The Morgan fingerprint density at radius 2 is 2.15 bits per heavy atom. The van der Waals surface area contributed by atoms with Crippen molar-refractivity contribution in [3.05, 3.63) is 64.9 Å². The fraction of sp³-hybridized carbons (Fsp3) is 0.300. The van der Waals surface area contributed by atoms with E-state index in [-0.39, 0.29) is 17.8 Å². The summed E-state index contributed by atoms with van der Waals surface area (Å²) in [5.41, 5.74) is 1.11. The maximum Gasteiger partial charge on any atom is 0.254 e. The third-order valence-corrected chi connectivity index (χ3v) is 5.39. The van der Waals surface area contributed by atoms with Gasteiger partial charge in [0.15, 0.2) is 5.76 Å². The smallest absolute Gasteiger partial charge is 0.254 e. The lowest BCUT2D eigenvalue weighted by molar-refractivity contribution is 0.0502.